The van der Waals surface area contributed by atoms with Crippen LogP contribution in [0.25, 0.3) is 0 Å². The number of nitrogens with zero attached hydrogens (tertiary/aromatic N) is 1. The molecule has 1 aromatic rings. The maximum absolute atomic E-state index is 12.7. The highest BCUT2D eigenvalue weighted by molar-refractivity contribution is 5.99. The zero-order chi connectivity index (χ0) is 15.0. The predicted molar refractivity (Wildman–Crippen MR) is 86.3 cm³/mol. The van der Waals surface area contributed by atoms with E-state index in [1.165, 1.54) is 0 Å². The van der Waals surface area contributed by atoms with Crippen LogP contribution in [0.4, 0.5) is 5.69 Å². The Labute approximate surface area is 123 Å². The molecule has 0 bridgehead atoms. The lowest BCUT2D eigenvalue weighted by Gasteiger charge is -2.25. The van der Waals surface area contributed by atoms with E-state index in [4.69, 9.17) is 0 Å². The van der Waals surface area contributed by atoms with Crippen LogP contribution < -0.4 is 5.32 Å². The van der Waals surface area contributed by atoms with Gasteiger partial charge in [0.2, 0.25) is 0 Å². The van der Waals surface area contributed by atoms with Gasteiger partial charge in [-0.25, -0.2) is 0 Å². The molecule has 0 spiro atoms. The van der Waals surface area contributed by atoms with Crippen LogP contribution in [0.3, 0.4) is 0 Å². The molecule has 1 aromatic carbocycles. The lowest BCUT2D eigenvalue weighted by atomic mass is 10.1. The second-order valence-corrected chi connectivity index (χ2v) is 5.33. The van der Waals surface area contributed by atoms with E-state index in [9.17, 15) is 4.79 Å². The van der Waals surface area contributed by atoms with Gasteiger partial charge in [-0.2, -0.15) is 0 Å². The zero-order valence-corrected chi connectivity index (χ0v) is 13.3. The first-order chi connectivity index (χ1) is 9.63. The van der Waals surface area contributed by atoms with Crippen molar-refractivity contribution in [3.63, 3.8) is 0 Å². The smallest absolute Gasteiger partial charge is 0.255 e. The van der Waals surface area contributed by atoms with E-state index in [2.05, 4.69) is 26.1 Å². The van der Waals surface area contributed by atoms with Gasteiger partial charge in [0.15, 0.2) is 0 Å². The monoisotopic (exact) mass is 276 g/mol. The molecule has 0 aromatic heterocycles. The molecule has 0 aliphatic rings. The van der Waals surface area contributed by atoms with Crippen molar-refractivity contribution in [3.8, 4) is 0 Å². The number of carbonyl (C=O) groups excluding carboxylic acids is 1. The molecule has 1 rings (SSSR count). The minimum Gasteiger partial charge on any atom is -0.384 e. The molecule has 1 atom stereocenters. The Morgan fingerprint density at radius 2 is 1.95 bits per heavy atom. The highest BCUT2D eigenvalue weighted by Crippen LogP contribution is 2.18. The van der Waals surface area contributed by atoms with E-state index < -0.39 is 0 Å². The number of anilines is 1. The quantitative estimate of drug-likeness (QED) is 0.778. The lowest BCUT2D eigenvalue weighted by molar-refractivity contribution is 0.0742. The normalized spacial score (nSPS) is 12.0. The average Bonchev–Trinajstić information content (AvgIpc) is 2.49. The van der Waals surface area contributed by atoms with Crippen molar-refractivity contribution in [2.75, 3.05) is 25.0 Å². The molecule has 1 N–H and O–H groups in total. The SMILES string of the molecule is CCCNc1ccccc1C(=O)N(CC)CC(C)CC. The van der Waals surface area contributed by atoms with Gasteiger partial charge in [0.25, 0.3) is 5.91 Å². The Hall–Kier alpha value is -1.51. The standard InChI is InChI=1S/C17H28N2O/c1-5-12-18-16-11-9-8-10-15(16)17(20)19(7-3)13-14(4)6-2/h8-11,14,18H,5-7,12-13H2,1-4H3. The third-order valence-electron chi connectivity index (χ3n) is 3.62. The summed E-state index contributed by atoms with van der Waals surface area (Å²) >= 11 is 0. The van der Waals surface area contributed by atoms with Gasteiger partial charge in [-0.3, -0.25) is 4.79 Å². The van der Waals surface area contributed by atoms with E-state index in [-0.39, 0.29) is 5.91 Å². The summed E-state index contributed by atoms with van der Waals surface area (Å²) in [5.74, 6) is 0.668. The molecule has 0 heterocycles. The summed E-state index contributed by atoms with van der Waals surface area (Å²) in [5.41, 5.74) is 1.73. The zero-order valence-electron chi connectivity index (χ0n) is 13.3. The van der Waals surface area contributed by atoms with Gasteiger partial charge in [-0.15, -0.1) is 0 Å². The second-order valence-electron chi connectivity index (χ2n) is 5.33. The number of amides is 1. The molecule has 0 aliphatic heterocycles. The Bertz CT molecular complexity index is 417. The van der Waals surface area contributed by atoms with Crippen LogP contribution in [0.5, 0.6) is 0 Å². The van der Waals surface area contributed by atoms with Crippen molar-refractivity contribution >= 4 is 11.6 Å². The summed E-state index contributed by atoms with van der Waals surface area (Å²) in [6.07, 6.45) is 2.15. The lowest BCUT2D eigenvalue weighted by Crippen LogP contribution is -2.35. The van der Waals surface area contributed by atoms with Gasteiger partial charge in [0, 0.05) is 25.3 Å². The van der Waals surface area contributed by atoms with Gasteiger partial charge in [0.05, 0.1) is 5.56 Å². The first-order valence-corrected chi connectivity index (χ1v) is 7.76. The van der Waals surface area contributed by atoms with Crippen molar-refractivity contribution in [2.24, 2.45) is 5.92 Å². The Morgan fingerprint density at radius 3 is 2.55 bits per heavy atom. The highest BCUT2D eigenvalue weighted by atomic mass is 16.2. The fraction of sp³-hybridized carbons (Fsp3) is 0.588. The van der Waals surface area contributed by atoms with Crippen LogP contribution in [-0.2, 0) is 0 Å². The summed E-state index contributed by atoms with van der Waals surface area (Å²) in [6, 6.07) is 7.81. The van der Waals surface area contributed by atoms with E-state index in [1.807, 2.05) is 36.1 Å². The summed E-state index contributed by atoms with van der Waals surface area (Å²) in [6.45, 7) is 11.0. The summed E-state index contributed by atoms with van der Waals surface area (Å²) in [4.78, 5) is 14.6. The second kappa shape index (κ2) is 8.62. The van der Waals surface area contributed by atoms with Gasteiger partial charge in [-0.05, 0) is 31.4 Å². The number of nitrogens with one attached hydrogen (secondary N) is 1. The summed E-state index contributed by atoms with van der Waals surface area (Å²) < 4.78 is 0. The molecule has 3 heteroatoms. The maximum Gasteiger partial charge on any atom is 0.255 e. The third kappa shape index (κ3) is 4.55. The van der Waals surface area contributed by atoms with Gasteiger partial charge < -0.3 is 10.2 Å². The van der Waals surface area contributed by atoms with Crippen molar-refractivity contribution < 1.29 is 4.79 Å². The molecule has 3 nitrogen and oxygen atoms in total. The highest BCUT2D eigenvalue weighted by Gasteiger charge is 2.18. The number of para-hydroxylation sites is 1. The van der Waals surface area contributed by atoms with Crippen LogP contribution >= 0.6 is 0 Å². The molecule has 0 aliphatic carbocycles. The molecule has 0 saturated carbocycles. The maximum atomic E-state index is 12.7. The summed E-state index contributed by atoms with van der Waals surface area (Å²) in [5, 5.41) is 3.34. The fourth-order valence-electron chi connectivity index (χ4n) is 2.11. The van der Waals surface area contributed by atoms with Crippen molar-refractivity contribution in [1.29, 1.82) is 0 Å². The third-order valence-corrected chi connectivity index (χ3v) is 3.62. The fourth-order valence-corrected chi connectivity index (χ4v) is 2.11. The number of carbonyl (C=O) groups is 1. The van der Waals surface area contributed by atoms with Crippen LogP contribution in [0.2, 0.25) is 0 Å². The van der Waals surface area contributed by atoms with Crippen molar-refractivity contribution in [2.45, 2.75) is 40.5 Å². The van der Waals surface area contributed by atoms with E-state index in [1.54, 1.807) is 0 Å². The van der Waals surface area contributed by atoms with Gasteiger partial charge >= 0.3 is 0 Å². The minimum atomic E-state index is 0.131. The molecule has 1 amide bonds. The van der Waals surface area contributed by atoms with Gasteiger partial charge in [-0.1, -0.05) is 39.3 Å². The van der Waals surface area contributed by atoms with E-state index >= 15 is 0 Å². The predicted octanol–water partition coefficient (Wildman–Crippen LogP) is 4.02. The topological polar surface area (TPSA) is 32.3 Å². The minimum absolute atomic E-state index is 0.131. The molecular weight excluding hydrogens is 248 g/mol. The number of hydrogen-bond donors (Lipinski definition) is 1. The summed E-state index contributed by atoms with van der Waals surface area (Å²) in [7, 11) is 0. The van der Waals surface area contributed by atoms with Crippen molar-refractivity contribution in [3.05, 3.63) is 29.8 Å². The van der Waals surface area contributed by atoms with Crippen LogP contribution in [0.1, 0.15) is 50.9 Å². The van der Waals surface area contributed by atoms with Crippen LogP contribution in [0, 0.1) is 5.92 Å². The molecule has 20 heavy (non-hydrogen) atoms. The van der Waals surface area contributed by atoms with E-state index in [0.29, 0.717) is 5.92 Å². The number of hydrogen-bond acceptors (Lipinski definition) is 2. The Kier molecular flexibility index (Phi) is 7.13. The van der Waals surface area contributed by atoms with Crippen LogP contribution in [0.15, 0.2) is 24.3 Å². The Morgan fingerprint density at radius 1 is 1.25 bits per heavy atom. The molecular formula is C17H28N2O. The number of rotatable bonds is 8. The largest absolute Gasteiger partial charge is 0.384 e. The molecule has 0 radical (unpaired) electrons. The average molecular weight is 276 g/mol. The molecule has 0 fully saturated rings. The molecule has 0 saturated heterocycles. The number of benzene rings is 1. The first-order valence-electron chi connectivity index (χ1n) is 7.76. The molecule has 1 unspecified atom stereocenters. The van der Waals surface area contributed by atoms with Gasteiger partial charge in [0.1, 0.15) is 0 Å². The molecule has 112 valence electrons. The Balaban J connectivity index is 2.88. The van der Waals surface area contributed by atoms with Crippen molar-refractivity contribution in [1.82, 2.24) is 4.90 Å². The van der Waals surface area contributed by atoms with Crippen LogP contribution in [-0.4, -0.2) is 30.4 Å². The van der Waals surface area contributed by atoms with E-state index in [0.717, 1.165) is 43.7 Å². The first kappa shape index (κ1) is 16.5.